The SMILES string of the molecule is COc1ccc(NC(=O)[C@@H](C)Nc2ccc3c(c2)OCCO3)cc1Cl. The van der Waals surface area contributed by atoms with Crippen LogP contribution in [0.2, 0.25) is 5.02 Å². The molecule has 0 aliphatic carbocycles. The number of benzene rings is 2. The summed E-state index contributed by atoms with van der Waals surface area (Å²) in [6.45, 7) is 2.84. The van der Waals surface area contributed by atoms with Gasteiger partial charge in [-0.2, -0.15) is 0 Å². The molecular weight excluding hydrogens is 344 g/mol. The second-order valence-electron chi connectivity index (χ2n) is 5.56. The molecule has 2 N–H and O–H groups in total. The lowest BCUT2D eigenvalue weighted by molar-refractivity contribution is -0.116. The zero-order valence-corrected chi connectivity index (χ0v) is 14.7. The Hall–Kier alpha value is -2.60. The molecule has 6 nitrogen and oxygen atoms in total. The van der Waals surface area contributed by atoms with Crippen LogP contribution in [0.4, 0.5) is 11.4 Å². The minimum Gasteiger partial charge on any atom is -0.495 e. The maximum atomic E-state index is 12.4. The summed E-state index contributed by atoms with van der Waals surface area (Å²) in [4.78, 5) is 12.4. The molecule has 1 heterocycles. The third-order valence-corrected chi connectivity index (χ3v) is 4.03. The van der Waals surface area contributed by atoms with Crippen LogP contribution >= 0.6 is 11.6 Å². The predicted octanol–water partition coefficient (Wildman–Crippen LogP) is 3.56. The molecular formula is C18H19ClN2O4. The lowest BCUT2D eigenvalue weighted by Crippen LogP contribution is -2.31. The standard InChI is InChI=1S/C18H19ClN2O4/c1-11(18(22)21-12-3-5-15(23-2)14(19)9-12)20-13-4-6-16-17(10-13)25-8-7-24-16/h3-6,9-11,20H,7-8H2,1-2H3,(H,21,22)/t11-/m1/s1. The lowest BCUT2D eigenvalue weighted by atomic mass is 10.2. The Kier molecular flexibility index (Phi) is 5.19. The third kappa shape index (κ3) is 4.09. The van der Waals surface area contributed by atoms with Gasteiger partial charge in [-0.25, -0.2) is 0 Å². The first-order valence-electron chi connectivity index (χ1n) is 7.87. The van der Waals surface area contributed by atoms with E-state index in [1.54, 1.807) is 32.2 Å². The van der Waals surface area contributed by atoms with Crippen molar-refractivity contribution in [3.63, 3.8) is 0 Å². The fourth-order valence-electron chi connectivity index (χ4n) is 2.44. The highest BCUT2D eigenvalue weighted by Crippen LogP contribution is 2.33. The maximum absolute atomic E-state index is 12.4. The van der Waals surface area contributed by atoms with E-state index >= 15 is 0 Å². The largest absolute Gasteiger partial charge is 0.495 e. The van der Waals surface area contributed by atoms with Crippen molar-refractivity contribution in [1.29, 1.82) is 0 Å². The van der Waals surface area contributed by atoms with Gasteiger partial charge in [-0.3, -0.25) is 4.79 Å². The average Bonchev–Trinajstić information content (AvgIpc) is 2.61. The molecule has 3 rings (SSSR count). The molecule has 0 bridgehead atoms. The van der Waals surface area contributed by atoms with Crippen LogP contribution in [0.5, 0.6) is 17.2 Å². The van der Waals surface area contributed by atoms with Gasteiger partial charge in [0.2, 0.25) is 5.91 Å². The van der Waals surface area contributed by atoms with E-state index in [1.165, 1.54) is 0 Å². The second-order valence-corrected chi connectivity index (χ2v) is 5.97. The first-order valence-corrected chi connectivity index (χ1v) is 8.25. The van der Waals surface area contributed by atoms with Crippen LogP contribution < -0.4 is 24.8 Å². The topological polar surface area (TPSA) is 68.8 Å². The number of carbonyl (C=O) groups excluding carboxylic acids is 1. The summed E-state index contributed by atoms with van der Waals surface area (Å²) in [6, 6.07) is 10.1. The highest BCUT2D eigenvalue weighted by molar-refractivity contribution is 6.32. The summed E-state index contributed by atoms with van der Waals surface area (Å²) in [5.74, 6) is 1.76. The van der Waals surface area contributed by atoms with Crippen LogP contribution in [0.25, 0.3) is 0 Å². The minimum atomic E-state index is -0.455. The molecule has 0 saturated heterocycles. The molecule has 1 atom stereocenters. The number of fused-ring (bicyclic) bond motifs is 1. The predicted molar refractivity (Wildman–Crippen MR) is 97.2 cm³/mol. The van der Waals surface area contributed by atoms with Crippen molar-refractivity contribution in [3.8, 4) is 17.2 Å². The normalized spacial score (nSPS) is 13.7. The Morgan fingerprint density at radius 2 is 1.84 bits per heavy atom. The summed E-state index contributed by atoms with van der Waals surface area (Å²) in [6.07, 6.45) is 0. The fraction of sp³-hybridized carbons (Fsp3) is 0.278. The van der Waals surface area contributed by atoms with Crippen molar-refractivity contribution in [2.45, 2.75) is 13.0 Å². The van der Waals surface area contributed by atoms with Crippen LogP contribution in [0.1, 0.15) is 6.92 Å². The van der Waals surface area contributed by atoms with Gasteiger partial charge in [0.25, 0.3) is 0 Å². The van der Waals surface area contributed by atoms with Crippen molar-refractivity contribution in [2.24, 2.45) is 0 Å². The molecule has 0 fully saturated rings. The molecule has 0 aromatic heterocycles. The number of hydrogen-bond acceptors (Lipinski definition) is 5. The number of nitrogens with one attached hydrogen (secondary N) is 2. The van der Waals surface area contributed by atoms with E-state index in [1.807, 2.05) is 18.2 Å². The zero-order chi connectivity index (χ0) is 17.8. The molecule has 0 radical (unpaired) electrons. The number of methoxy groups -OCH3 is 1. The Morgan fingerprint density at radius 1 is 1.12 bits per heavy atom. The Bertz CT molecular complexity index is 782. The van der Waals surface area contributed by atoms with Gasteiger partial charge in [0, 0.05) is 17.4 Å². The van der Waals surface area contributed by atoms with Gasteiger partial charge in [-0.15, -0.1) is 0 Å². The van der Waals surface area contributed by atoms with E-state index in [-0.39, 0.29) is 5.91 Å². The van der Waals surface area contributed by atoms with Gasteiger partial charge in [0.1, 0.15) is 25.0 Å². The van der Waals surface area contributed by atoms with E-state index in [0.717, 1.165) is 5.69 Å². The first-order chi connectivity index (χ1) is 12.1. The zero-order valence-electron chi connectivity index (χ0n) is 14.0. The summed E-state index contributed by atoms with van der Waals surface area (Å²) in [7, 11) is 1.54. The monoisotopic (exact) mass is 362 g/mol. The quantitative estimate of drug-likeness (QED) is 0.851. The minimum absolute atomic E-state index is 0.184. The summed E-state index contributed by atoms with van der Waals surface area (Å²) < 4.78 is 16.1. The van der Waals surface area contributed by atoms with Crippen molar-refractivity contribution in [2.75, 3.05) is 31.0 Å². The van der Waals surface area contributed by atoms with Crippen LogP contribution in [0.15, 0.2) is 36.4 Å². The summed E-state index contributed by atoms with van der Waals surface area (Å²) >= 11 is 6.07. The average molecular weight is 363 g/mol. The number of carbonyl (C=O) groups is 1. The van der Waals surface area contributed by atoms with Crippen molar-refractivity contribution in [1.82, 2.24) is 0 Å². The first kappa shape index (κ1) is 17.2. The van der Waals surface area contributed by atoms with Gasteiger partial charge < -0.3 is 24.8 Å². The van der Waals surface area contributed by atoms with Gasteiger partial charge >= 0.3 is 0 Å². The summed E-state index contributed by atoms with van der Waals surface area (Å²) in [5.41, 5.74) is 1.38. The van der Waals surface area contributed by atoms with Crippen LogP contribution in [0.3, 0.4) is 0 Å². The lowest BCUT2D eigenvalue weighted by Gasteiger charge is -2.20. The van der Waals surface area contributed by atoms with Gasteiger partial charge in [0.05, 0.1) is 12.1 Å². The molecule has 1 aliphatic heterocycles. The Labute approximate surface area is 151 Å². The van der Waals surface area contributed by atoms with E-state index in [4.69, 9.17) is 25.8 Å². The van der Waals surface area contributed by atoms with Crippen molar-refractivity contribution in [3.05, 3.63) is 41.4 Å². The third-order valence-electron chi connectivity index (χ3n) is 3.74. The summed E-state index contributed by atoms with van der Waals surface area (Å²) in [5, 5.41) is 6.40. The second kappa shape index (κ2) is 7.53. The molecule has 25 heavy (non-hydrogen) atoms. The number of ether oxygens (including phenoxy) is 3. The van der Waals surface area contributed by atoms with Crippen molar-refractivity contribution < 1.29 is 19.0 Å². The molecule has 0 saturated carbocycles. The van der Waals surface area contributed by atoms with Gasteiger partial charge in [0.15, 0.2) is 11.5 Å². The van der Waals surface area contributed by atoms with Gasteiger partial charge in [-0.1, -0.05) is 11.6 Å². The van der Waals surface area contributed by atoms with E-state index in [2.05, 4.69) is 10.6 Å². The molecule has 7 heteroatoms. The molecule has 2 aromatic carbocycles. The van der Waals surface area contributed by atoms with Crippen molar-refractivity contribution >= 4 is 28.9 Å². The highest BCUT2D eigenvalue weighted by atomic mass is 35.5. The van der Waals surface area contributed by atoms with E-state index in [0.29, 0.717) is 41.2 Å². The molecule has 0 spiro atoms. The maximum Gasteiger partial charge on any atom is 0.246 e. The number of hydrogen-bond donors (Lipinski definition) is 2. The Balaban J connectivity index is 1.63. The molecule has 1 amide bonds. The van der Waals surface area contributed by atoms with Crippen LogP contribution in [0, 0.1) is 0 Å². The van der Waals surface area contributed by atoms with Gasteiger partial charge in [-0.05, 0) is 37.3 Å². The Morgan fingerprint density at radius 3 is 2.56 bits per heavy atom. The van der Waals surface area contributed by atoms with E-state index in [9.17, 15) is 4.79 Å². The molecule has 0 unspecified atom stereocenters. The smallest absolute Gasteiger partial charge is 0.246 e. The molecule has 132 valence electrons. The fourth-order valence-corrected chi connectivity index (χ4v) is 2.70. The number of halogens is 1. The van der Waals surface area contributed by atoms with Crippen LogP contribution in [-0.4, -0.2) is 32.3 Å². The van der Waals surface area contributed by atoms with Crippen LogP contribution in [-0.2, 0) is 4.79 Å². The number of anilines is 2. The number of amides is 1. The molecule has 1 aliphatic rings. The highest BCUT2D eigenvalue weighted by Gasteiger charge is 2.16. The molecule has 2 aromatic rings. The number of rotatable bonds is 5. The van der Waals surface area contributed by atoms with E-state index < -0.39 is 6.04 Å².